The summed E-state index contributed by atoms with van der Waals surface area (Å²) in [7, 11) is 0. The van der Waals surface area contributed by atoms with Gasteiger partial charge in [-0.2, -0.15) is 0 Å². The topological polar surface area (TPSA) is 41.3 Å². The Labute approximate surface area is 179 Å². The van der Waals surface area contributed by atoms with Gasteiger partial charge in [0.1, 0.15) is 17.6 Å². The van der Waals surface area contributed by atoms with E-state index in [2.05, 4.69) is 51.0 Å². The molecule has 4 nitrogen and oxygen atoms in total. The number of pyridine rings is 1. The lowest BCUT2D eigenvalue weighted by Gasteiger charge is -2.27. The van der Waals surface area contributed by atoms with Gasteiger partial charge in [0.15, 0.2) is 5.11 Å². The highest BCUT2D eigenvalue weighted by molar-refractivity contribution is 9.10. The van der Waals surface area contributed by atoms with Crippen molar-refractivity contribution in [3.63, 3.8) is 0 Å². The molecule has 0 saturated carbocycles. The van der Waals surface area contributed by atoms with Gasteiger partial charge >= 0.3 is 0 Å². The second kappa shape index (κ2) is 8.05. The lowest BCUT2D eigenvalue weighted by molar-refractivity contribution is 0.253. The monoisotopic (exact) mass is 455 g/mol. The van der Waals surface area contributed by atoms with E-state index in [1.807, 2.05) is 54.7 Å². The first-order valence-electron chi connectivity index (χ1n) is 9.36. The lowest BCUT2D eigenvalue weighted by Crippen LogP contribution is -2.32. The standard InChI is InChI=1S/C22H22BrN3OS/c1-14(2)13-26-21(20(25-22(26)28)17-5-3-4-12-24-17)19-11-10-18(27-19)15-6-8-16(23)9-7-15/h3-12,14,20-21H,13H2,1-2H3,(H,25,28)/t20-,21+/m1/s1. The van der Waals surface area contributed by atoms with E-state index in [4.69, 9.17) is 16.6 Å². The second-order valence-corrected chi connectivity index (χ2v) is 8.68. The van der Waals surface area contributed by atoms with Gasteiger partial charge in [-0.05, 0) is 54.5 Å². The van der Waals surface area contributed by atoms with E-state index in [1.165, 1.54) is 0 Å². The van der Waals surface area contributed by atoms with Gasteiger partial charge < -0.3 is 14.6 Å². The maximum absolute atomic E-state index is 6.32. The Kier molecular flexibility index (Phi) is 5.51. The molecule has 3 heterocycles. The fraction of sp³-hybridized carbons (Fsp3) is 0.273. The number of nitrogens with zero attached hydrogens (tertiary/aromatic N) is 2. The Bertz CT molecular complexity index is 955. The predicted octanol–water partition coefficient (Wildman–Crippen LogP) is 5.73. The van der Waals surface area contributed by atoms with Crippen LogP contribution in [0.4, 0.5) is 0 Å². The van der Waals surface area contributed by atoms with E-state index in [1.54, 1.807) is 0 Å². The Morgan fingerprint density at radius 3 is 2.61 bits per heavy atom. The first-order valence-corrected chi connectivity index (χ1v) is 10.6. The van der Waals surface area contributed by atoms with Crippen molar-refractivity contribution in [2.24, 2.45) is 5.92 Å². The van der Waals surface area contributed by atoms with Crippen LogP contribution in [0.3, 0.4) is 0 Å². The molecule has 0 aliphatic carbocycles. The van der Waals surface area contributed by atoms with Crippen LogP contribution in [0.2, 0.25) is 0 Å². The molecule has 0 bridgehead atoms. The third-order valence-corrected chi connectivity index (χ3v) is 5.69. The van der Waals surface area contributed by atoms with Crippen molar-refractivity contribution < 1.29 is 4.42 Å². The first-order chi connectivity index (χ1) is 13.5. The smallest absolute Gasteiger partial charge is 0.170 e. The quantitative estimate of drug-likeness (QED) is 0.497. The molecular formula is C22H22BrN3OS. The highest BCUT2D eigenvalue weighted by Gasteiger charge is 2.41. The fourth-order valence-corrected chi connectivity index (χ4v) is 4.16. The number of benzene rings is 1. The molecule has 1 aromatic carbocycles. The molecule has 3 aromatic rings. The molecule has 0 spiro atoms. The van der Waals surface area contributed by atoms with Crippen LogP contribution < -0.4 is 5.32 Å². The van der Waals surface area contributed by atoms with Gasteiger partial charge in [0.2, 0.25) is 0 Å². The first kappa shape index (κ1) is 19.2. The van der Waals surface area contributed by atoms with E-state index in [0.717, 1.165) is 38.9 Å². The highest BCUT2D eigenvalue weighted by Crippen LogP contribution is 2.40. The summed E-state index contributed by atoms with van der Waals surface area (Å²) in [5.41, 5.74) is 2.01. The lowest BCUT2D eigenvalue weighted by atomic mass is 10.0. The van der Waals surface area contributed by atoms with E-state index in [9.17, 15) is 0 Å². The normalized spacial score (nSPS) is 19.3. The molecule has 6 heteroatoms. The van der Waals surface area contributed by atoms with Crippen LogP contribution in [-0.4, -0.2) is 21.5 Å². The molecule has 1 aliphatic rings. The number of furan rings is 1. The van der Waals surface area contributed by atoms with E-state index in [-0.39, 0.29) is 12.1 Å². The van der Waals surface area contributed by atoms with Crippen LogP contribution in [0, 0.1) is 5.92 Å². The van der Waals surface area contributed by atoms with Crippen molar-refractivity contribution in [2.45, 2.75) is 25.9 Å². The predicted molar refractivity (Wildman–Crippen MR) is 119 cm³/mol. The number of aromatic nitrogens is 1. The maximum Gasteiger partial charge on any atom is 0.170 e. The molecule has 2 aromatic heterocycles. The summed E-state index contributed by atoms with van der Waals surface area (Å²) in [6.07, 6.45) is 1.82. The zero-order valence-electron chi connectivity index (χ0n) is 15.8. The molecule has 4 rings (SSSR count). The average molecular weight is 456 g/mol. The Morgan fingerprint density at radius 2 is 1.93 bits per heavy atom. The molecule has 0 unspecified atom stereocenters. The number of halogens is 1. The average Bonchev–Trinajstić information content (AvgIpc) is 3.28. The van der Waals surface area contributed by atoms with Gasteiger partial charge in [-0.3, -0.25) is 4.98 Å². The Balaban J connectivity index is 1.72. The summed E-state index contributed by atoms with van der Waals surface area (Å²) in [5, 5.41) is 4.21. The SMILES string of the molecule is CC(C)CN1C(=S)N[C@H](c2ccccn2)[C@@H]1c1ccc(-c2ccc(Br)cc2)o1. The Morgan fingerprint density at radius 1 is 1.14 bits per heavy atom. The molecule has 1 aliphatic heterocycles. The summed E-state index contributed by atoms with van der Waals surface area (Å²) in [6, 6.07) is 18.1. The molecule has 2 atom stereocenters. The number of hydrogen-bond donors (Lipinski definition) is 1. The minimum absolute atomic E-state index is 0.0333. The third kappa shape index (κ3) is 3.84. The van der Waals surface area contributed by atoms with Crippen molar-refractivity contribution in [2.75, 3.05) is 6.54 Å². The Hall–Kier alpha value is -2.18. The van der Waals surface area contributed by atoms with Gasteiger partial charge in [0, 0.05) is 22.8 Å². The number of thiocarbonyl (C=S) groups is 1. The van der Waals surface area contributed by atoms with Gasteiger partial charge in [-0.25, -0.2) is 0 Å². The van der Waals surface area contributed by atoms with Crippen LogP contribution in [0.5, 0.6) is 0 Å². The molecule has 144 valence electrons. The maximum atomic E-state index is 6.32. The third-order valence-electron chi connectivity index (χ3n) is 4.81. The number of nitrogens with one attached hydrogen (secondary N) is 1. The zero-order chi connectivity index (χ0) is 19.7. The van der Waals surface area contributed by atoms with Crippen LogP contribution in [-0.2, 0) is 0 Å². The molecule has 0 radical (unpaired) electrons. The van der Waals surface area contributed by atoms with Crippen molar-refractivity contribution in [1.82, 2.24) is 15.2 Å². The molecule has 1 N–H and O–H groups in total. The van der Waals surface area contributed by atoms with Crippen LogP contribution in [0.15, 0.2) is 69.7 Å². The summed E-state index contributed by atoms with van der Waals surface area (Å²) >= 11 is 9.15. The molecule has 28 heavy (non-hydrogen) atoms. The highest BCUT2D eigenvalue weighted by atomic mass is 79.9. The second-order valence-electron chi connectivity index (χ2n) is 7.38. The van der Waals surface area contributed by atoms with Crippen LogP contribution in [0.1, 0.15) is 37.4 Å². The fourth-order valence-electron chi connectivity index (χ4n) is 3.59. The summed E-state index contributed by atoms with van der Waals surface area (Å²) < 4.78 is 7.37. The zero-order valence-corrected chi connectivity index (χ0v) is 18.2. The molecule has 0 amide bonds. The van der Waals surface area contributed by atoms with E-state index in [0.29, 0.717) is 5.92 Å². The van der Waals surface area contributed by atoms with Gasteiger partial charge in [-0.15, -0.1) is 0 Å². The van der Waals surface area contributed by atoms with E-state index >= 15 is 0 Å². The largest absolute Gasteiger partial charge is 0.459 e. The minimum Gasteiger partial charge on any atom is -0.459 e. The van der Waals surface area contributed by atoms with Crippen molar-refractivity contribution in [1.29, 1.82) is 0 Å². The molecule has 1 saturated heterocycles. The summed E-state index contributed by atoms with van der Waals surface area (Å²) in [6.45, 7) is 5.25. The summed E-state index contributed by atoms with van der Waals surface area (Å²) in [4.78, 5) is 6.79. The van der Waals surface area contributed by atoms with Crippen molar-refractivity contribution >= 4 is 33.3 Å². The van der Waals surface area contributed by atoms with Gasteiger partial charge in [-0.1, -0.05) is 48.0 Å². The number of hydrogen-bond acceptors (Lipinski definition) is 3. The van der Waals surface area contributed by atoms with Crippen LogP contribution in [0.25, 0.3) is 11.3 Å². The van der Waals surface area contributed by atoms with Crippen molar-refractivity contribution in [3.05, 3.63) is 76.7 Å². The molecule has 1 fully saturated rings. The van der Waals surface area contributed by atoms with Gasteiger partial charge in [0.05, 0.1) is 11.7 Å². The van der Waals surface area contributed by atoms with Crippen molar-refractivity contribution in [3.8, 4) is 11.3 Å². The number of rotatable bonds is 5. The van der Waals surface area contributed by atoms with Crippen LogP contribution >= 0.6 is 28.1 Å². The summed E-state index contributed by atoms with van der Waals surface area (Å²) in [5.74, 6) is 2.22. The van der Waals surface area contributed by atoms with E-state index < -0.39 is 0 Å². The minimum atomic E-state index is -0.0450. The molecular weight excluding hydrogens is 434 g/mol. The van der Waals surface area contributed by atoms with Gasteiger partial charge in [0.25, 0.3) is 0 Å².